The van der Waals surface area contributed by atoms with E-state index in [4.69, 9.17) is 0 Å². The normalized spacial score (nSPS) is 11.5. The Morgan fingerprint density at radius 1 is 1.25 bits per heavy atom. The highest BCUT2D eigenvalue weighted by molar-refractivity contribution is 9.09. The molecule has 0 heterocycles. The first-order valence-electron chi connectivity index (χ1n) is 5.58. The summed E-state index contributed by atoms with van der Waals surface area (Å²) in [7, 11) is 0. The van der Waals surface area contributed by atoms with Crippen molar-refractivity contribution in [1.82, 2.24) is 4.90 Å². The van der Waals surface area contributed by atoms with Crippen LogP contribution in [0.3, 0.4) is 0 Å². The highest BCUT2D eigenvalue weighted by Crippen LogP contribution is 2.18. The standard InChI is InChI=1S/C12H11BrF5NO/c13-4-5-19(7-12(16,17)18)10(20)6-8-2-1-3-9(14)11(8)15/h1-3H,4-7H2. The minimum atomic E-state index is -4.54. The van der Waals surface area contributed by atoms with Crippen LogP contribution in [-0.2, 0) is 11.2 Å². The van der Waals surface area contributed by atoms with Gasteiger partial charge in [-0.25, -0.2) is 8.78 Å². The minimum Gasteiger partial charge on any atom is -0.332 e. The zero-order chi connectivity index (χ0) is 15.3. The molecule has 0 spiro atoms. The molecular weight excluding hydrogens is 349 g/mol. The molecule has 112 valence electrons. The van der Waals surface area contributed by atoms with Gasteiger partial charge in [-0.1, -0.05) is 28.1 Å². The average molecular weight is 360 g/mol. The lowest BCUT2D eigenvalue weighted by molar-refractivity contribution is -0.160. The van der Waals surface area contributed by atoms with Crippen LogP contribution in [-0.4, -0.2) is 35.4 Å². The number of amides is 1. The second-order valence-electron chi connectivity index (χ2n) is 4.01. The number of rotatable bonds is 5. The smallest absolute Gasteiger partial charge is 0.332 e. The molecule has 1 aromatic carbocycles. The van der Waals surface area contributed by atoms with Gasteiger partial charge >= 0.3 is 6.18 Å². The summed E-state index contributed by atoms with van der Waals surface area (Å²) < 4.78 is 63.3. The van der Waals surface area contributed by atoms with Gasteiger partial charge in [0.05, 0.1) is 6.42 Å². The van der Waals surface area contributed by atoms with Crippen LogP contribution in [0.25, 0.3) is 0 Å². The highest BCUT2D eigenvalue weighted by Gasteiger charge is 2.32. The van der Waals surface area contributed by atoms with E-state index < -0.39 is 36.7 Å². The summed E-state index contributed by atoms with van der Waals surface area (Å²) in [5, 5.41) is 0.153. The Morgan fingerprint density at radius 2 is 1.90 bits per heavy atom. The third-order valence-corrected chi connectivity index (χ3v) is 2.81. The summed E-state index contributed by atoms with van der Waals surface area (Å²) in [6.45, 7) is -1.59. The summed E-state index contributed by atoms with van der Waals surface area (Å²) in [4.78, 5) is 12.3. The van der Waals surface area contributed by atoms with Gasteiger partial charge in [0.15, 0.2) is 11.6 Å². The van der Waals surface area contributed by atoms with E-state index in [-0.39, 0.29) is 17.4 Å². The molecule has 0 aliphatic carbocycles. The number of benzene rings is 1. The Hall–Kier alpha value is -1.18. The molecule has 0 atom stereocenters. The zero-order valence-electron chi connectivity index (χ0n) is 10.2. The Morgan fingerprint density at radius 3 is 2.45 bits per heavy atom. The van der Waals surface area contributed by atoms with Crippen molar-refractivity contribution >= 4 is 21.8 Å². The number of alkyl halides is 4. The van der Waals surface area contributed by atoms with Gasteiger partial charge in [0.25, 0.3) is 0 Å². The van der Waals surface area contributed by atoms with Crippen LogP contribution in [0.4, 0.5) is 22.0 Å². The van der Waals surface area contributed by atoms with Gasteiger partial charge in [-0.15, -0.1) is 0 Å². The molecule has 1 aromatic rings. The molecule has 1 rings (SSSR count). The molecule has 0 aromatic heterocycles. The van der Waals surface area contributed by atoms with E-state index in [2.05, 4.69) is 15.9 Å². The maximum Gasteiger partial charge on any atom is 0.406 e. The number of halogens is 6. The Labute approximate surface area is 120 Å². The maximum absolute atomic E-state index is 13.4. The first-order valence-corrected chi connectivity index (χ1v) is 6.70. The average Bonchev–Trinajstić information content (AvgIpc) is 2.33. The van der Waals surface area contributed by atoms with Crippen molar-refractivity contribution in [1.29, 1.82) is 0 Å². The third kappa shape index (κ3) is 5.07. The number of carbonyl (C=O) groups is 1. The lowest BCUT2D eigenvalue weighted by Gasteiger charge is -2.23. The summed E-state index contributed by atoms with van der Waals surface area (Å²) in [6.07, 6.45) is -5.16. The largest absolute Gasteiger partial charge is 0.406 e. The second-order valence-corrected chi connectivity index (χ2v) is 4.80. The third-order valence-electron chi connectivity index (χ3n) is 2.45. The van der Waals surface area contributed by atoms with Crippen LogP contribution in [0.2, 0.25) is 0 Å². The molecule has 20 heavy (non-hydrogen) atoms. The van der Waals surface area contributed by atoms with E-state index in [1.54, 1.807) is 0 Å². The number of nitrogens with zero attached hydrogens (tertiary/aromatic N) is 1. The Kier molecular flexibility index (Phi) is 5.91. The van der Waals surface area contributed by atoms with Crippen LogP contribution < -0.4 is 0 Å². The van der Waals surface area contributed by atoms with Crippen LogP contribution in [0.5, 0.6) is 0 Å². The monoisotopic (exact) mass is 359 g/mol. The fraction of sp³-hybridized carbons (Fsp3) is 0.417. The van der Waals surface area contributed by atoms with Gasteiger partial charge in [-0.05, 0) is 6.07 Å². The Bertz CT molecular complexity index is 477. The fourth-order valence-electron chi connectivity index (χ4n) is 1.57. The molecule has 0 aliphatic heterocycles. The van der Waals surface area contributed by atoms with Crippen LogP contribution >= 0.6 is 15.9 Å². The van der Waals surface area contributed by atoms with E-state index in [9.17, 15) is 26.7 Å². The molecule has 1 amide bonds. The molecule has 0 N–H and O–H groups in total. The molecular formula is C12H11BrF5NO. The molecule has 0 aliphatic rings. The van der Waals surface area contributed by atoms with Crippen LogP contribution in [0.1, 0.15) is 5.56 Å². The minimum absolute atomic E-state index is 0.153. The van der Waals surface area contributed by atoms with Crippen molar-refractivity contribution in [3.63, 3.8) is 0 Å². The van der Waals surface area contributed by atoms with Gasteiger partial charge in [0, 0.05) is 17.4 Å². The van der Waals surface area contributed by atoms with E-state index in [1.165, 1.54) is 6.07 Å². The molecule has 0 saturated heterocycles. The molecule has 0 unspecified atom stereocenters. The van der Waals surface area contributed by atoms with Gasteiger partial charge in [0.2, 0.25) is 5.91 Å². The SMILES string of the molecule is O=C(Cc1cccc(F)c1F)N(CCBr)CC(F)(F)F. The first-order chi connectivity index (χ1) is 9.24. The summed E-state index contributed by atoms with van der Waals surface area (Å²) in [5.74, 6) is -3.27. The lowest BCUT2D eigenvalue weighted by atomic mass is 10.1. The molecule has 0 radical (unpaired) electrons. The molecule has 2 nitrogen and oxygen atoms in total. The fourth-order valence-corrected chi connectivity index (χ4v) is 2.00. The lowest BCUT2D eigenvalue weighted by Crippen LogP contribution is -2.41. The summed E-state index contributed by atoms with van der Waals surface area (Å²) in [6, 6.07) is 3.23. The van der Waals surface area contributed by atoms with Gasteiger partial charge in [-0.3, -0.25) is 4.79 Å². The molecule has 0 fully saturated rings. The van der Waals surface area contributed by atoms with Crippen molar-refractivity contribution in [2.75, 3.05) is 18.4 Å². The van der Waals surface area contributed by atoms with Gasteiger partial charge in [-0.2, -0.15) is 13.2 Å². The predicted octanol–water partition coefficient (Wildman–Crippen LogP) is 3.29. The van der Waals surface area contributed by atoms with Crippen LogP contribution in [0, 0.1) is 11.6 Å². The second kappa shape index (κ2) is 7.01. The maximum atomic E-state index is 13.4. The van der Waals surface area contributed by atoms with E-state index in [1.807, 2.05) is 0 Å². The topological polar surface area (TPSA) is 20.3 Å². The van der Waals surface area contributed by atoms with E-state index in [0.29, 0.717) is 4.90 Å². The van der Waals surface area contributed by atoms with E-state index in [0.717, 1.165) is 12.1 Å². The van der Waals surface area contributed by atoms with Crippen molar-refractivity contribution in [2.45, 2.75) is 12.6 Å². The van der Waals surface area contributed by atoms with Gasteiger partial charge < -0.3 is 4.90 Å². The number of hydrogen-bond donors (Lipinski definition) is 0. The number of carbonyl (C=O) groups excluding carboxylic acids is 1. The first kappa shape index (κ1) is 16.9. The van der Waals surface area contributed by atoms with Crippen LogP contribution in [0.15, 0.2) is 18.2 Å². The summed E-state index contributed by atoms with van der Waals surface area (Å²) >= 11 is 2.94. The Balaban J connectivity index is 2.83. The molecule has 0 saturated carbocycles. The van der Waals surface area contributed by atoms with Crippen molar-refractivity contribution < 1.29 is 26.7 Å². The van der Waals surface area contributed by atoms with Crippen molar-refractivity contribution in [3.05, 3.63) is 35.4 Å². The van der Waals surface area contributed by atoms with Crippen molar-refractivity contribution in [3.8, 4) is 0 Å². The number of hydrogen-bond acceptors (Lipinski definition) is 1. The van der Waals surface area contributed by atoms with Gasteiger partial charge in [0.1, 0.15) is 6.54 Å². The molecule has 0 bridgehead atoms. The molecule has 8 heteroatoms. The zero-order valence-corrected chi connectivity index (χ0v) is 11.8. The quantitative estimate of drug-likeness (QED) is 0.583. The predicted molar refractivity (Wildman–Crippen MR) is 66.5 cm³/mol. The van der Waals surface area contributed by atoms with Crippen molar-refractivity contribution in [2.24, 2.45) is 0 Å². The van der Waals surface area contributed by atoms with E-state index >= 15 is 0 Å². The summed E-state index contributed by atoms with van der Waals surface area (Å²) in [5.41, 5.74) is -0.267. The highest BCUT2D eigenvalue weighted by atomic mass is 79.9.